The third-order valence-corrected chi connectivity index (χ3v) is 3.32. The third kappa shape index (κ3) is 4.61. The Bertz CT molecular complexity index is 391. The first-order valence-corrected chi connectivity index (χ1v) is 6.77. The summed E-state index contributed by atoms with van der Waals surface area (Å²) in [6, 6.07) is 3.78. The Kier molecular flexibility index (Phi) is 5.30. The van der Waals surface area contributed by atoms with Crippen LogP contribution < -0.4 is 10.6 Å². The number of hydrogen-bond donors (Lipinski definition) is 2. The largest absolute Gasteiger partial charge is 0.368 e. The summed E-state index contributed by atoms with van der Waals surface area (Å²) in [5, 5.41) is 6.20. The molecule has 1 fully saturated rings. The number of carbonyl (C=O) groups excluding carboxylic acids is 1. The molecule has 0 bridgehead atoms. The Morgan fingerprint density at radius 1 is 1.47 bits per heavy atom. The van der Waals surface area contributed by atoms with Crippen molar-refractivity contribution in [2.24, 2.45) is 0 Å². The number of aromatic nitrogens is 1. The molecule has 2 heterocycles. The molecule has 0 spiro atoms. The molecule has 0 saturated carbocycles. The smallest absolute Gasteiger partial charge is 0.246 e. The van der Waals surface area contributed by atoms with Crippen molar-refractivity contribution >= 4 is 5.91 Å². The zero-order valence-electron chi connectivity index (χ0n) is 11.3. The van der Waals surface area contributed by atoms with Crippen LogP contribution in [-0.2, 0) is 9.53 Å². The fourth-order valence-electron chi connectivity index (χ4n) is 2.17. The molecule has 1 amide bonds. The van der Waals surface area contributed by atoms with E-state index in [1.807, 2.05) is 19.1 Å². The first-order valence-electron chi connectivity index (χ1n) is 6.77. The van der Waals surface area contributed by atoms with Crippen LogP contribution in [0.1, 0.15) is 31.4 Å². The van der Waals surface area contributed by atoms with E-state index in [4.69, 9.17) is 4.74 Å². The molecule has 1 unspecified atom stereocenters. The molecule has 0 radical (unpaired) electrons. The number of nitrogens with zero attached hydrogens (tertiary/aromatic N) is 1. The first kappa shape index (κ1) is 14.0. The summed E-state index contributed by atoms with van der Waals surface area (Å²) >= 11 is 0. The number of piperidine rings is 1. The van der Waals surface area contributed by atoms with Gasteiger partial charge < -0.3 is 15.4 Å². The Morgan fingerprint density at radius 2 is 2.16 bits per heavy atom. The number of nitrogens with one attached hydrogen (secondary N) is 2. The fraction of sp³-hybridized carbons (Fsp3) is 0.571. The van der Waals surface area contributed by atoms with Crippen LogP contribution in [-0.4, -0.2) is 36.7 Å². The van der Waals surface area contributed by atoms with Gasteiger partial charge in [0.25, 0.3) is 0 Å². The van der Waals surface area contributed by atoms with E-state index in [9.17, 15) is 4.79 Å². The van der Waals surface area contributed by atoms with Crippen molar-refractivity contribution < 1.29 is 9.53 Å². The van der Waals surface area contributed by atoms with Crippen LogP contribution in [0.3, 0.4) is 0 Å². The molecule has 19 heavy (non-hydrogen) atoms. The normalized spacial score (nSPS) is 17.9. The fourth-order valence-corrected chi connectivity index (χ4v) is 2.17. The average molecular weight is 263 g/mol. The molecule has 2 rings (SSSR count). The minimum absolute atomic E-state index is 0.0212. The van der Waals surface area contributed by atoms with Gasteiger partial charge in [-0.25, -0.2) is 0 Å². The number of hydrogen-bond acceptors (Lipinski definition) is 4. The molecular formula is C14H21N3O2. The maximum atomic E-state index is 11.8. The maximum Gasteiger partial charge on any atom is 0.246 e. The van der Waals surface area contributed by atoms with Crippen molar-refractivity contribution in [2.75, 3.05) is 19.7 Å². The average Bonchev–Trinajstić information content (AvgIpc) is 2.47. The standard InChI is InChI=1S/C14H21N3O2/c1-11(12-2-6-15-7-3-12)17-14(18)10-19-13-4-8-16-9-5-13/h2-3,6-7,11,13,16H,4-5,8-10H2,1H3,(H,17,18). The molecule has 2 N–H and O–H groups in total. The molecule has 1 aliphatic rings. The van der Waals surface area contributed by atoms with Gasteiger partial charge in [0.1, 0.15) is 6.61 Å². The summed E-state index contributed by atoms with van der Waals surface area (Å²) < 4.78 is 5.62. The highest BCUT2D eigenvalue weighted by molar-refractivity contribution is 5.77. The van der Waals surface area contributed by atoms with E-state index in [2.05, 4.69) is 15.6 Å². The highest BCUT2D eigenvalue weighted by atomic mass is 16.5. The SMILES string of the molecule is CC(NC(=O)COC1CCNCC1)c1ccncc1. The predicted octanol–water partition coefficient (Wildman–Crippen LogP) is 1.03. The van der Waals surface area contributed by atoms with Gasteiger partial charge >= 0.3 is 0 Å². The highest BCUT2D eigenvalue weighted by Crippen LogP contribution is 2.10. The molecule has 1 aromatic heterocycles. The number of ether oxygens (including phenoxy) is 1. The lowest BCUT2D eigenvalue weighted by atomic mass is 10.1. The van der Waals surface area contributed by atoms with Gasteiger partial charge in [-0.1, -0.05) is 0 Å². The van der Waals surface area contributed by atoms with E-state index >= 15 is 0 Å². The van der Waals surface area contributed by atoms with Gasteiger partial charge in [0.15, 0.2) is 0 Å². The molecule has 1 saturated heterocycles. The summed E-state index contributed by atoms with van der Waals surface area (Å²) in [4.78, 5) is 15.8. The number of carbonyl (C=O) groups is 1. The minimum atomic E-state index is -0.0668. The van der Waals surface area contributed by atoms with Crippen LogP contribution in [0.25, 0.3) is 0 Å². The van der Waals surface area contributed by atoms with Crippen LogP contribution in [0, 0.1) is 0 Å². The topological polar surface area (TPSA) is 63.2 Å². The van der Waals surface area contributed by atoms with Crippen LogP contribution in [0.2, 0.25) is 0 Å². The Labute approximate surface area is 113 Å². The summed E-state index contributed by atoms with van der Waals surface area (Å²) in [6.45, 7) is 4.04. The second-order valence-electron chi connectivity index (χ2n) is 4.83. The molecule has 1 aliphatic heterocycles. The second-order valence-corrected chi connectivity index (χ2v) is 4.83. The van der Waals surface area contributed by atoms with Gasteiger partial charge in [0, 0.05) is 12.4 Å². The van der Waals surface area contributed by atoms with Crippen molar-refractivity contribution in [3.05, 3.63) is 30.1 Å². The molecule has 1 aromatic rings. The van der Waals surface area contributed by atoms with Gasteiger partial charge in [-0.05, 0) is 50.6 Å². The van der Waals surface area contributed by atoms with Gasteiger partial charge in [0.2, 0.25) is 5.91 Å². The predicted molar refractivity (Wildman–Crippen MR) is 72.6 cm³/mol. The van der Waals surface area contributed by atoms with Crippen LogP contribution in [0.15, 0.2) is 24.5 Å². The van der Waals surface area contributed by atoms with Gasteiger partial charge in [0.05, 0.1) is 12.1 Å². The number of amides is 1. The zero-order valence-corrected chi connectivity index (χ0v) is 11.3. The van der Waals surface area contributed by atoms with E-state index in [1.165, 1.54) is 0 Å². The molecule has 5 heteroatoms. The van der Waals surface area contributed by atoms with Crippen molar-refractivity contribution in [1.82, 2.24) is 15.6 Å². The second kappa shape index (κ2) is 7.21. The molecule has 1 atom stereocenters. The Balaban J connectivity index is 1.71. The third-order valence-electron chi connectivity index (χ3n) is 3.32. The molecule has 0 aromatic carbocycles. The lowest BCUT2D eigenvalue weighted by Crippen LogP contribution is -2.36. The molecule has 0 aliphatic carbocycles. The van der Waals surface area contributed by atoms with Crippen molar-refractivity contribution in [3.63, 3.8) is 0 Å². The quantitative estimate of drug-likeness (QED) is 0.833. The Hall–Kier alpha value is -1.46. The van der Waals surface area contributed by atoms with Crippen LogP contribution in [0.4, 0.5) is 0 Å². The number of rotatable bonds is 5. The first-order chi connectivity index (χ1) is 9.25. The van der Waals surface area contributed by atoms with Crippen LogP contribution >= 0.6 is 0 Å². The summed E-state index contributed by atoms with van der Waals surface area (Å²) in [6.07, 6.45) is 5.62. The molecular weight excluding hydrogens is 242 g/mol. The van der Waals surface area contributed by atoms with Crippen LogP contribution in [0.5, 0.6) is 0 Å². The lowest BCUT2D eigenvalue weighted by molar-refractivity contribution is -0.128. The Morgan fingerprint density at radius 3 is 2.84 bits per heavy atom. The summed E-state index contributed by atoms with van der Waals surface area (Å²) in [5.74, 6) is -0.0668. The number of pyridine rings is 1. The van der Waals surface area contributed by atoms with E-state index in [0.29, 0.717) is 0 Å². The van der Waals surface area contributed by atoms with E-state index in [1.54, 1.807) is 12.4 Å². The minimum Gasteiger partial charge on any atom is -0.368 e. The highest BCUT2D eigenvalue weighted by Gasteiger charge is 2.15. The van der Waals surface area contributed by atoms with E-state index < -0.39 is 0 Å². The maximum absolute atomic E-state index is 11.8. The van der Waals surface area contributed by atoms with Crippen molar-refractivity contribution in [3.8, 4) is 0 Å². The van der Waals surface area contributed by atoms with E-state index in [0.717, 1.165) is 31.5 Å². The monoisotopic (exact) mass is 263 g/mol. The van der Waals surface area contributed by atoms with Gasteiger partial charge in [-0.15, -0.1) is 0 Å². The molecule has 5 nitrogen and oxygen atoms in total. The summed E-state index contributed by atoms with van der Waals surface area (Å²) in [7, 11) is 0. The lowest BCUT2D eigenvalue weighted by Gasteiger charge is -2.23. The van der Waals surface area contributed by atoms with E-state index in [-0.39, 0.29) is 24.7 Å². The van der Waals surface area contributed by atoms with Crippen molar-refractivity contribution in [2.45, 2.75) is 31.9 Å². The summed E-state index contributed by atoms with van der Waals surface area (Å²) in [5.41, 5.74) is 1.05. The van der Waals surface area contributed by atoms with Gasteiger partial charge in [-0.2, -0.15) is 0 Å². The van der Waals surface area contributed by atoms with Gasteiger partial charge in [-0.3, -0.25) is 9.78 Å². The van der Waals surface area contributed by atoms with Crippen molar-refractivity contribution in [1.29, 1.82) is 0 Å². The zero-order chi connectivity index (χ0) is 13.5. The molecule has 104 valence electrons.